The summed E-state index contributed by atoms with van der Waals surface area (Å²) in [5.74, 6) is 2.46. The van der Waals surface area contributed by atoms with Crippen LogP contribution in [-0.4, -0.2) is 13.3 Å². The molecule has 0 amide bonds. The van der Waals surface area contributed by atoms with Crippen molar-refractivity contribution >= 4 is 21.4 Å². The number of benzene rings is 2. The third kappa shape index (κ3) is 5.52. The second kappa shape index (κ2) is 10.8. The van der Waals surface area contributed by atoms with Crippen molar-refractivity contribution in [3.8, 4) is 0 Å². The van der Waals surface area contributed by atoms with Crippen LogP contribution in [-0.2, 0) is 22.9 Å². The van der Waals surface area contributed by atoms with Gasteiger partial charge in [0, 0.05) is 25.0 Å². The SMILES string of the molecule is CCCc1ccc(C(c2ccc(CCC)o2)c2ccccc2NS(=O)(=O)c2cccc([N+](=O)[O-])c2)o1. The maximum Gasteiger partial charge on any atom is 0.270 e. The van der Waals surface area contributed by atoms with Crippen LogP contribution in [0.5, 0.6) is 0 Å². The predicted molar refractivity (Wildman–Crippen MR) is 137 cm³/mol. The van der Waals surface area contributed by atoms with Crippen molar-refractivity contribution in [2.24, 2.45) is 0 Å². The number of para-hydroxylation sites is 1. The van der Waals surface area contributed by atoms with Crippen LogP contribution in [0, 0.1) is 10.1 Å². The minimum atomic E-state index is -4.11. The van der Waals surface area contributed by atoms with Gasteiger partial charge >= 0.3 is 0 Å². The fourth-order valence-corrected chi connectivity index (χ4v) is 5.24. The van der Waals surface area contributed by atoms with E-state index in [2.05, 4.69) is 18.6 Å². The Labute approximate surface area is 210 Å². The smallest absolute Gasteiger partial charge is 0.270 e. The normalized spacial score (nSPS) is 11.6. The van der Waals surface area contributed by atoms with Gasteiger partial charge in [-0.3, -0.25) is 14.8 Å². The Kier molecular flexibility index (Phi) is 7.59. The van der Waals surface area contributed by atoms with Crippen molar-refractivity contribution in [3.05, 3.63) is 112 Å². The second-order valence-electron chi connectivity index (χ2n) is 8.49. The summed E-state index contributed by atoms with van der Waals surface area (Å²) in [4.78, 5) is 10.3. The molecule has 0 saturated heterocycles. The Morgan fingerprint density at radius 1 is 0.861 bits per heavy atom. The molecule has 0 aliphatic rings. The highest BCUT2D eigenvalue weighted by Gasteiger charge is 2.28. The lowest BCUT2D eigenvalue weighted by Crippen LogP contribution is -2.16. The van der Waals surface area contributed by atoms with Gasteiger partial charge < -0.3 is 8.83 Å². The van der Waals surface area contributed by atoms with Gasteiger partial charge in [0.1, 0.15) is 29.0 Å². The molecular formula is C27H28N2O6S. The van der Waals surface area contributed by atoms with Crippen LogP contribution in [0.2, 0.25) is 0 Å². The van der Waals surface area contributed by atoms with Crippen LogP contribution < -0.4 is 4.72 Å². The van der Waals surface area contributed by atoms with E-state index in [0.29, 0.717) is 22.8 Å². The van der Waals surface area contributed by atoms with Crippen molar-refractivity contribution in [3.63, 3.8) is 0 Å². The molecule has 2 heterocycles. The minimum absolute atomic E-state index is 0.200. The number of non-ortho nitro benzene ring substituents is 1. The van der Waals surface area contributed by atoms with E-state index >= 15 is 0 Å². The molecule has 0 fully saturated rings. The average Bonchev–Trinajstić information content (AvgIpc) is 3.51. The lowest BCUT2D eigenvalue weighted by Gasteiger charge is -2.18. The molecule has 8 nitrogen and oxygen atoms in total. The molecule has 0 aliphatic heterocycles. The van der Waals surface area contributed by atoms with E-state index in [4.69, 9.17) is 8.83 Å². The molecule has 0 aliphatic carbocycles. The molecule has 0 unspecified atom stereocenters. The summed E-state index contributed by atoms with van der Waals surface area (Å²) in [5.41, 5.74) is 0.666. The van der Waals surface area contributed by atoms with Crippen LogP contribution in [0.1, 0.15) is 61.2 Å². The summed E-state index contributed by atoms with van der Waals surface area (Å²) in [5, 5.41) is 11.2. The number of anilines is 1. The summed E-state index contributed by atoms with van der Waals surface area (Å²) in [6, 6.07) is 19.6. The number of nitrogens with zero attached hydrogens (tertiary/aromatic N) is 1. The monoisotopic (exact) mass is 508 g/mol. The van der Waals surface area contributed by atoms with E-state index in [1.54, 1.807) is 12.1 Å². The first-order chi connectivity index (χ1) is 17.3. The van der Waals surface area contributed by atoms with E-state index in [9.17, 15) is 18.5 Å². The maximum absolute atomic E-state index is 13.2. The van der Waals surface area contributed by atoms with E-state index in [1.807, 2.05) is 36.4 Å². The van der Waals surface area contributed by atoms with Gasteiger partial charge in [0.25, 0.3) is 15.7 Å². The summed E-state index contributed by atoms with van der Waals surface area (Å²) in [7, 11) is -4.11. The topological polar surface area (TPSA) is 116 Å². The molecule has 0 radical (unpaired) electrons. The van der Waals surface area contributed by atoms with E-state index in [1.165, 1.54) is 18.2 Å². The standard InChI is InChI=1S/C27H28N2O6S/c1-3-8-20-14-16-25(34-20)27(26-17-15-21(35-26)9-4-2)23-12-5-6-13-24(23)28-36(32,33)22-11-7-10-19(18-22)29(30)31/h5-7,10-18,27-28H,3-4,8-9H2,1-2H3. The predicted octanol–water partition coefficient (Wildman–Crippen LogP) is 6.67. The van der Waals surface area contributed by atoms with Crippen molar-refractivity contribution in [2.75, 3.05) is 4.72 Å². The van der Waals surface area contributed by atoms with E-state index < -0.39 is 20.9 Å². The van der Waals surface area contributed by atoms with Gasteiger partial charge in [-0.25, -0.2) is 8.42 Å². The molecule has 4 rings (SSSR count). The Morgan fingerprint density at radius 3 is 2.06 bits per heavy atom. The summed E-state index contributed by atoms with van der Waals surface area (Å²) >= 11 is 0. The summed E-state index contributed by atoms with van der Waals surface area (Å²) < 4.78 is 41.4. The van der Waals surface area contributed by atoms with Gasteiger partial charge in [-0.2, -0.15) is 0 Å². The Hall–Kier alpha value is -3.85. The highest BCUT2D eigenvalue weighted by molar-refractivity contribution is 7.92. The molecule has 1 N–H and O–H groups in total. The molecule has 0 spiro atoms. The number of hydrogen-bond donors (Lipinski definition) is 1. The zero-order valence-electron chi connectivity index (χ0n) is 20.1. The second-order valence-corrected chi connectivity index (χ2v) is 10.2. The van der Waals surface area contributed by atoms with Gasteiger partial charge in [-0.15, -0.1) is 0 Å². The number of nitro groups is 1. The van der Waals surface area contributed by atoms with Gasteiger partial charge in [0.2, 0.25) is 0 Å². The molecule has 0 bridgehead atoms. The van der Waals surface area contributed by atoms with Crippen molar-refractivity contribution < 1.29 is 22.2 Å². The molecule has 2 aromatic heterocycles. The highest BCUT2D eigenvalue weighted by Crippen LogP contribution is 2.39. The lowest BCUT2D eigenvalue weighted by molar-refractivity contribution is -0.385. The fraction of sp³-hybridized carbons (Fsp3) is 0.259. The first-order valence-electron chi connectivity index (χ1n) is 11.9. The largest absolute Gasteiger partial charge is 0.465 e. The van der Waals surface area contributed by atoms with Gasteiger partial charge in [0.15, 0.2) is 0 Å². The number of furan rings is 2. The van der Waals surface area contributed by atoms with Crippen molar-refractivity contribution in [1.82, 2.24) is 0 Å². The molecule has 0 saturated carbocycles. The van der Waals surface area contributed by atoms with E-state index in [-0.39, 0.29) is 10.6 Å². The Morgan fingerprint density at radius 2 is 1.47 bits per heavy atom. The number of aryl methyl sites for hydroxylation is 2. The number of rotatable bonds is 11. The average molecular weight is 509 g/mol. The molecule has 4 aromatic rings. The number of nitrogens with one attached hydrogen (secondary N) is 1. The van der Waals surface area contributed by atoms with Crippen LogP contribution in [0.15, 0.2) is 86.5 Å². The number of sulfonamides is 1. The Bertz CT molecular complexity index is 1410. The van der Waals surface area contributed by atoms with E-state index in [0.717, 1.165) is 43.3 Å². The minimum Gasteiger partial charge on any atom is -0.465 e. The zero-order valence-corrected chi connectivity index (χ0v) is 21.0. The molecule has 0 atom stereocenters. The van der Waals surface area contributed by atoms with Crippen LogP contribution in [0.3, 0.4) is 0 Å². The van der Waals surface area contributed by atoms with Gasteiger partial charge in [-0.1, -0.05) is 38.1 Å². The summed E-state index contributed by atoms with van der Waals surface area (Å²) in [6.45, 7) is 4.14. The van der Waals surface area contributed by atoms with Crippen LogP contribution in [0.4, 0.5) is 11.4 Å². The maximum atomic E-state index is 13.2. The molecule has 188 valence electrons. The highest BCUT2D eigenvalue weighted by atomic mass is 32.2. The lowest BCUT2D eigenvalue weighted by atomic mass is 9.92. The van der Waals surface area contributed by atoms with Crippen LogP contribution >= 0.6 is 0 Å². The van der Waals surface area contributed by atoms with Crippen LogP contribution in [0.25, 0.3) is 0 Å². The number of nitro benzene ring substituents is 1. The van der Waals surface area contributed by atoms with Crippen molar-refractivity contribution in [2.45, 2.75) is 50.3 Å². The van der Waals surface area contributed by atoms with Crippen molar-refractivity contribution in [1.29, 1.82) is 0 Å². The third-order valence-corrected chi connectivity index (χ3v) is 7.14. The first-order valence-corrected chi connectivity index (χ1v) is 13.3. The first kappa shape index (κ1) is 25.2. The van der Waals surface area contributed by atoms with Gasteiger partial charge in [-0.05, 0) is 54.8 Å². The Balaban J connectivity index is 1.78. The molecule has 2 aromatic carbocycles. The molecule has 9 heteroatoms. The fourth-order valence-electron chi connectivity index (χ4n) is 4.12. The van der Waals surface area contributed by atoms with Gasteiger partial charge in [0.05, 0.1) is 15.5 Å². The zero-order chi connectivity index (χ0) is 25.7. The third-order valence-electron chi connectivity index (χ3n) is 5.78. The summed E-state index contributed by atoms with van der Waals surface area (Å²) in [6.07, 6.45) is 3.43. The number of hydrogen-bond acceptors (Lipinski definition) is 6. The molecular weight excluding hydrogens is 480 g/mol. The quantitative estimate of drug-likeness (QED) is 0.179. The molecule has 36 heavy (non-hydrogen) atoms.